The van der Waals surface area contributed by atoms with E-state index in [2.05, 4.69) is 0 Å². The molecule has 1 aromatic rings. The lowest BCUT2D eigenvalue weighted by atomic mass is 10.0. The van der Waals surface area contributed by atoms with Crippen molar-refractivity contribution in [2.24, 2.45) is 5.73 Å². The lowest BCUT2D eigenvalue weighted by Crippen LogP contribution is -2.51. The molecule has 1 aromatic carbocycles. The standard InChI is InChI=1S/C19H24N2O6/c1-25-14-7-8-16(26-2)13(11-14)6-9-18(23)27-12-17(22)21-10-4-3-5-15(21)19(20)24/h6-9,11,15H,3-5,10,12H2,1-2H3,(H2,20,24)/b9-6+/t15-/m0/s1. The number of amides is 2. The third kappa shape index (κ3) is 5.47. The van der Waals surface area contributed by atoms with Crippen molar-refractivity contribution < 1.29 is 28.6 Å². The molecular weight excluding hydrogens is 352 g/mol. The number of carbonyl (C=O) groups excluding carboxylic acids is 3. The Hall–Kier alpha value is -3.03. The summed E-state index contributed by atoms with van der Waals surface area (Å²) in [5, 5.41) is 0. The van der Waals surface area contributed by atoms with E-state index in [1.165, 1.54) is 31.3 Å². The minimum atomic E-state index is -0.680. The summed E-state index contributed by atoms with van der Waals surface area (Å²) < 4.78 is 15.4. The van der Waals surface area contributed by atoms with Crippen LogP contribution in [0.5, 0.6) is 11.5 Å². The molecule has 1 saturated heterocycles. The predicted octanol–water partition coefficient (Wildman–Crippen LogP) is 1.13. The van der Waals surface area contributed by atoms with E-state index < -0.39 is 30.4 Å². The monoisotopic (exact) mass is 376 g/mol. The second kappa shape index (κ2) is 9.61. The molecule has 1 atom stereocenters. The first-order valence-electron chi connectivity index (χ1n) is 8.62. The summed E-state index contributed by atoms with van der Waals surface area (Å²) in [6.45, 7) is -0.0109. The fourth-order valence-electron chi connectivity index (χ4n) is 2.92. The zero-order chi connectivity index (χ0) is 19.8. The van der Waals surface area contributed by atoms with E-state index in [-0.39, 0.29) is 0 Å². The first kappa shape index (κ1) is 20.3. The summed E-state index contributed by atoms with van der Waals surface area (Å²) in [6, 6.07) is 4.52. The molecule has 2 rings (SSSR count). The molecule has 8 nitrogen and oxygen atoms in total. The van der Waals surface area contributed by atoms with Crippen LogP contribution in [0.15, 0.2) is 24.3 Å². The molecule has 0 saturated carbocycles. The molecule has 0 radical (unpaired) electrons. The molecular formula is C19H24N2O6. The number of hydrogen-bond acceptors (Lipinski definition) is 6. The molecule has 0 bridgehead atoms. The molecule has 146 valence electrons. The van der Waals surface area contributed by atoms with Crippen LogP contribution in [0.3, 0.4) is 0 Å². The Morgan fingerprint density at radius 2 is 2.00 bits per heavy atom. The predicted molar refractivity (Wildman–Crippen MR) is 98.1 cm³/mol. The highest BCUT2D eigenvalue weighted by molar-refractivity contribution is 5.91. The molecule has 2 amide bonds. The van der Waals surface area contributed by atoms with Crippen LogP contribution in [0.25, 0.3) is 6.08 Å². The number of hydrogen-bond donors (Lipinski definition) is 1. The quantitative estimate of drug-likeness (QED) is 0.564. The lowest BCUT2D eigenvalue weighted by Gasteiger charge is -2.33. The number of methoxy groups -OCH3 is 2. The van der Waals surface area contributed by atoms with Crippen molar-refractivity contribution in [3.8, 4) is 11.5 Å². The smallest absolute Gasteiger partial charge is 0.331 e. The van der Waals surface area contributed by atoms with Crippen molar-refractivity contribution in [1.82, 2.24) is 4.90 Å². The maximum atomic E-state index is 12.3. The maximum Gasteiger partial charge on any atom is 0.331 e. The topological polar surface area (TPSA) is 108 Å². The van der Waals surface area contributed by atoms with Crippen molar-refractivity contribution in [3.05, 3.63) is 29.8 Å². The van der Waals surface area contributed by atoms with Crippen molar-refractivity contribution in [2.45, 2.75) is 25.3 Å². The Morgan fingerprint density at radius 3 is 2.67 bits per heavy atom. The van der Waals surface area contributed by atoms with Gasteiger partial charge in [-0.05, 0) is 43.5 Å². The average molecular weight is 376 g/mol. The summed E-state index contributed by atoms with van der Waals surface area (Å²) in [5.74, 6) is -0.477. The van der Waals surface area contributed by atoms with Crippen LogP contribution in [0, 0.1) is 0 Å². The number of primary amides is 1. The third-order valence-corrected chi connectivity index (χ3v) is 4.33. The molecule has 1 aliphatic heterocycles. The Labute approximate surface area is 157 Å². The van der Waals surface area contributed by atoms with E-state index in [0.29, 0.717) is 30.0 Å². The Kier molecular flexibility index (Phi) is 7.22. The van der Waals surface area contributed by atoms with Gasteiger partial charge in [0.2, 0.25) is 5.91 Å². The SMILES string of the molecule is COc1ccc(OC)c(/C=C/C(=O)OCC(=O)N2CCCC[C@H]2C(N)=O)c1. The number of benzene rings is 1. The fraction of sp³-hybridized carbons (Fsp3) is 0.421. The Balaban J connectivity index is 1.95. The number of esters is 1. The minimum absolute atomic E-state index is 0.431. The summed E-state index contributed by atoms with van der Waals surface area (Å²) in [4.78, 5) is 37.0. The van der Waals surface area contributed by atoms with Gasteiger partial charge in [-0.15, -0.1) is 0 Å². The third-order valence-electron chi connectivity index (χ3n) is 4.33. The largest absolute Gasteiger partial charge is 0.497 e. The highest BCUT2D eigenvalue weighted by Gasteiger charge is 2.30. The van der Waals surface area contributed by atoms with E-state index in [0.717, 1.165) is 12.8 Å². The van der Waals surface area contributed by atoms with Crippen LogP contribution < -0.4 is 15.2 Å². The lowest BCUT2D eigenvalue weighted by molar-refractivity contribution is -0.151. The van der Waals surface area contributed by atoms with E-state index in [4.69, 9.17) is 19.9 Å². The van der Waals surface area contributed by atoms with Crippen LogP contribution in [-0.4, -0.2) is 56.1 Å². The van der Waals surface area contributed by atoms with Crippen LogP contribution in [-0.2, 0) is 19.1 Å². The molecule has 27 heavy (non-hydrogen) atoms. The van der Waals surface area contributed by atoms with Crippen molar-refractivity contribution >= 4 is 23.9 Å². The Morgan fingerprint density at radius 1 is 1.22 bits per heavy atom. The van der Waals surface area contributed by atoms with E-state index in [1.807, 2.05) is 0 Å². The van der Waals surface area contributed by atoms with E-state index in [9.17, 15) is 14.4 Å². The number of carbonyl (C=O) groups is 3. The second-order valence-electron chi connectivity index (χ2n) is 6.05. The highest BCUT2D eigenvalue weighted by Crippen LogP contribution is 2.25. The van der Waals surface area contributed by atoms with Gasteiger partial charge in [-0.1, -0.05) is 0 Å². The number of rotatable bonds is 7. The van der Waals surface area contributed by atoms with Gasteiger partial charge < -0.3 is 24.8 Å². The number of nitrogens with zero attached hydrogens (tertiary/aromatic N) is 1. The van der Waals surface area contributed by atoms with E-state index >= 15 is 0 Å². The van der Waals surface area contributed by atoms with Crippen LogP contribution in [0.2, 0.25) is 0 Å². The van der Waals surface area contributed by atoms with Gasteiger partial charge in [-0.2, -0.15) is 0 Å². The summed E-state index contributed by atoms with van der Waals surface area (Å²) in [7, 11) is 3.05. The summed E-state index contributed by atoms with van der Waals surface area (Å²) in [5.41, 5.74) is 5.97. The fourth-order valence-corrected chi connectivity index (χ4v) is 2.92. The van der Waals surface area contributed by atoms with Crippen LogP contribution >= 0.6 is 0 Å². The molecule has 1 aliphatic rings. The zero-order valence-electron chi connectivity index (χ0n) is 15.5. The normalized spacial score (nSPS) is 16.8. The number of nitrogens with two attached hydrogens (primary N) is 1. The van der Waals surface area contributed by atoms with Crippen LogP contribution in [0.4, 0.5) is 0 Å². The van der Waals surface area contributed by atoms with Crippen molar-refractivity contribution in [1.29, 1.82) is 0 Å². The molecule has 8 heteroatoms. The van der Waals surface area contributed by atoms with Gasteiger partial charge in [0.05, 0.1) is 14.2 Å². The van der Waals surface area contributed by atoms with Gasteiger partial charge in [0.15, 0.2) is 6.61 Å². The zero-order valence-corrected chi connectivity index (χ0v) is 15.5. The van der Waals surface area contributed by atoms with Gasteiger partial charge in [0.1, 0.15) is 17.5 Å². The summed E-state index contributed by atoms with van der Waals surface area (Å²) >= 11 is 0. The number of ether oxygens (including phenoxy) is 3. The molecule has 2 N–H and O–H groups in total. The van der Waals surface area contributed by atoms with Crippen LogP contribution in [0.1, 0.15) is 24.8 Å². The average Bonchev–Trinajstić information content (AvgIpc) is 2.69. The first-order chi connectivity index (χ1) is 13.0. The molecule has 0 aliphatic carbocycles. The second-order valence-corrected chi connectivity index (χ2v) is 6.05. The number of likely N-dealkylation sites (tertiary alicyclic amines) is 1. The van der Waals surface area contributed by atoms with Gasteiger partial charge >= 0.3 is 5.97 Å². The molecule has 0 unspecified atom stereocenters. The minimum Gasteiger partial charge on any atom is -0.497 e. The molecule has 0 spiro atoms. The highest BCUT2D eigenvalue weighted by atomic mass is 16.5. The maximum absolute atomic E-state index is 12.3. The Bertz CT molecular complexity index is 731. The number of piperidine rings is 1. The van der Waals surface area contributed by atoms with Gasteiger partial charge in [-0.25, -0.2) is 4.79 Å². The molecule has 1 heterocycles. The van der Waals surface area contributed by atoms with Gasteiger partial charge in [0, 0.05) is 18.2 Å². The molecule has 1 fully saturated rings. The van der Waals surface area contributed by atoms with Gasteiger partial charge in [0.25, 0.3) is 5.91 Å². The van der Waals surface area contributed by atoms with E-state index in [1.54, 1.807) is 18.2 Å². The van der Waals surface area contributed by atoms with Gasteiger partial charge in [-0.3, -0.25) is 9.59 Å². The molecule has 0 aromatic heterocycles. The summed E-state index contributed by atoms with van der Waals surface area (Å²) in [6.07, 6.45) is 4.87. The van der Waals surface area contributed by atoms with Crippen molar-refractivity contribution in [2.75, 3.05) is 27.4 Å². The van der Waals surface area contributed by atoms with Crippen molar-refractivity contribution in [3.63, 3.8) is 0 Å². The first-order valence-corrected chi connectivity index (χ1v) is 8.62.